The van der Waals surface area contributed by atoms with Crippen LogP contribution in [0.4, 0.5) is 0 Å². The van der Waals surface area contributed by atoms with E-state index in [1.54, 1.807) is 16.9 Å². The Morgan fingerprint density at radius 1 is 1.00 bits per heavy atom. The second kappa shape index (κ2) is 10.3. The first-order chi connectivity index (χ1) is 17.6. The summed E-state index contributed by atoms with van der Waals surface area (Å²) in [6.45, 7) is 0.419. The molecule has 2 aliphatic heterocycles. The van der Waals surface area contributed by atoms with Crippen LogP contribution >= 0.6 is 0 Å². The van der Waals surface area contributed by atoms with E-state index in [1.165, 1.54) is 0 Å². The third-order valence-electron chi connectivity index (χ3n) is 7.02. The molecule has 1 N–H and O–H groups in total. The van der Waals surface area contributed by atoms with Crippen molar-refractivity contribution in [3.63, 3.8) is 0 Å². The summed E-state index contributed by atoms with van der Waals surface area (Å²) in [5, 5.41) is 10.0. The molecule has 2 amide bonds. The summed E-state index contributed by atoms with van der Waals surface area (Å²) in [6, 6.07) is 24.7. The summed E-state index contributed by atoms with van der Waals surface area (Å²) >= 11 is 0. The highest BCUT2D eigenvalue weighted by Crippen LogP contribution is 2.43. The van der Waals surface area contributed by atoms with Crippen LogP contribution in [0.15, 0.2) is 78.9 Å². The van der Waals surface area contributed by atoms with E-state index in [1.807, 2.05) is 78.9 Å². The fourth-order valence-electron chi connectivity index (χ4n) is 5.21. The predicted octanol–water partition coefficient (Wildman–Crippen LogP) is 2.84. The summed E-state index contributed by atoms with van der Waals surface area (Å²) in [7, 11) is 1.63. The molecule has 0 aliphatic carbocycles. The van der Waals surface area contributed by atoms with E-state index >= 15 is 0 Å². The van der Waals surface area contributed by atoms with Gasteiger partial charge in [0.05, 0.1) is 38.8 Å². The summed E-state index contributed by atoms with van der Waals surface area (Å²) in [5.41, 5.74) is 3.71. The summed E-state index contributed by atoms with van der Waals surface area (Å²) < 4.78 is 5.25. The molecule has 2 aliphatic rings. The molecule has 3 aromatic rings. The highest BCUT2D eigenvalue weighted by atomic mass is 16.5. The maximum absolute atomic E-state index is 12.9. The number of amides is 2. The number of ether oxygens (including phenoxy) is 1. The van der Waals surface area contributed by atoms with Crippen LogP contribution in [0.25, 0.3) is 0 Å². The number of methoxy groups -OCH3 is 1. The van der Waals surface area contributed by atoms with Crippen molar-refractivity contribution in [2.75, 3.05) is 26.8 Å². The number of carbonyl (C=O) groups excluding carboxylic acids is 2. The number of nitrogens with zero attached hydrogens (tertiary/aromatic N) is 2. The standard InChI is InChI=1S/C30H28N2O4/c1-36-25-9-5-8-23(16-25)11-10-21-12-14-24(15-13-21)30-26-18-31(19-29(35)32(26)27(30)20-33)28(34)17-22-6-3-2-4-7-22/h2-9,12-16,26-27,30,33H,17-20H2,1H3/t26-,27-,30+/m1/s1. The molecule has 6 heteroatoms. The molecule has 0 saturated carbocycles. The van der Waals surface area contributed by atoms with Crippen molar-refractivity contribution in [1.29, 1.82) is 0 Å². The molecule has 0 radical (unpaired) electrons. The Bertz CT molecular complexity index is 1310. The normalized spacial score (nSPS) is 20.6. The molecule has 0 aromatic heterocycles. The number of benzene rings is 3. The van der Waals surface area contributed by atoms with Gasteiger partial charge in [-0.1, -0.05) is 60.4 Å². The van der Waals surface area contributed by atoms with E-state index in [-0.39, 0.29) is 49.4 Å². The molecule has 182 valence electrons. The number of hydrogen-bond donors (Lipinski definition) is 1. The summed E-state index contributed by atoms with van der Waals surface area (Å²) in [4.78, 5) is 29.2. The van der Waals surface area contributed by atoms with E-state index < -0.39 is 0 Å². The zero-order chi connectivity index (χ0) is 25.1. The summed E-state index contributed by atoms with van der Waals surface area (Å²) in [5.74, 6) is 6.90. The quantitative estimate of drug-likeness (QED) is 0.571. The van der Waals surface area contributed by atoms with Crippen molar-refractivity contribution < 1.29 is 19.4 Å². The van der Waals surface area contributed by atoms with Gasteiger partial charge in [-0.25, -0.2) is 0 Å². The molecule has 0 unspecified atom stereocenters. The van der Waals surface area contributed by atoms with Gasteiger partial charge in [0.2, 0.25) is 11.8 Å². The SMILES string of the molecule is COc1cccc(C#Cc2ccc([C@@H]3[C@@H](CO)N4C(=O)CN(C(=O)Cc5ccccc5)C[C@H]34)cc2)c1. The number of carbonyl (C=O) groups is 2. The van der Waals surface area contributed by atoms with Crippen LogP contribution in [-0.2, 0) is 16.0 Å². The van der Waals surface area contributed by atoms with Gasteiger partial charge in [-0.15, -0.1) is 0 Å². The van der Waals surface area contributed by atoms with Crippen molar-refractivity contribution in [2.24, 2.45) is 0 Å². The first kappa shape index (κ1) is 23.7. The van der Waals surface area contributed by atoms with E-state index in [0.717, 1.165) is 28.0 Å². The van der Waals surface area contributed by atoms with Gasteiger partial charge in [-0.05, 0) is 41.5 Å². The molecule has 3 aromatic carbocycles. The number of aliphatic hydroxyl groups is 1. The topological polar surface area (TPSA) is 70.1 Å². The fraction of sp³-hybridized carbons (Fsp3) is 0.267. The van der Waals surface area contributed by atoms with Crippen molar-refractivity contribution in [1.82, 2.24) is 9.80 Å². The molecule has 2 saturated heterocycles. The number of fused-ring (bicyclic) bond motifs is 1. The number of aliphatic hydroxyl groups excluding tert-OH is 1. The molecule has 36 heavy (non-hydrogen) atoms. The first-order valence-electron chi connectivity index (χ1n) is 12.1. The van der Waals surface area contributed by atoms with Crippen LogP contribution in [0.1, 0.15) is 28.2 Å². The average Bonchev–Trinajstić information content (AvgIpc) is 2.90. The third kappa shape index (κ3) is 4.71. The number of hydrogen-bond acceptors (Lipinski definition) is 4. The Hall–Kier alpha value is -4.08. The van der Waals surface area contributed by atoms with E-state index in [4.69, 9.17) is 4.74 Å². The van der Waals surface area contributed by atoms with Crippen LogP contribution in [-0.4, -0.2) is 65.6 Å². The van der Waals surface area contributed by atoms with Crippen molar-refractivity contribution in [3.05, 3.63) is 101 Å². The lowest BCUT2D eigenvalue weighted by Crippen LogP contribution is -2.73. The molecule has 2 fully saturated rings. The molecular weight excluding hydrogens is 452 g/mol. The van der Waals surface area contributed by atoms with Crippen molar-refractivity contribution in [2.45, 2.75) is 24.4 Å². The van der Waals surface area contributed by atoms with Gasteiger partial charge in [0, 0.05) is 23.6 Å². The maximum atomic E-state index is 12.9. The van der Waals surface area contributed by atoms with Gasteiger partial charge in [0.25, 0.3) is 0 Å². The van der Waals surface area contributed by atoms with Crippen molar-refractivity contribution >= 4 is 11.8 Å². The first-order valence-corrected chi connectivity index (χ1v) is 12.1. The van der Waals surface area contributed by atoms with E-state index in [0.29, 0.717) is 6.54 Å². The van der Waals surface area contributed by atoms with E-state index in [9.17, 15) is 14.7 Å². The minimum atomic E-state index is -0.275. The van der Waals surface area contributed by atoms with Gasteiger partial charge >= 0.3 is 0 Å². The Kier molecular flexibility index (Phi) is 6.75. The van der Waals surface area contributed by atoms with Crippen molar-refractivity contribution in [3.8, 4) is 17.6 Å². The average molecular weight is 481 g/mol. The minimum Gasteiger partial charge on any atom is -0.497 e. The van der Waals surface area contributed by atoms with Crippen LogP contribution in [0, 0.1) is 11.8 Å². The zero-order valence-electron chi connectivity index (χ0n) is 20.1. The smallest absolute Gasteiger partial charge is 0.242 e. The lowest BCUT2D eigenvalue weighted by molar-refractivity contribution is -0.166. The molecule has 2 heterocycles. The van der Waals surface area contributed by atoms with Gasteiger partial charge in [-0.3, -0.25) is 9.59 Å². The molecule has 6 nitrogen and oxygen atoms in total. The minimum absolute atomic E-state index is 0.0355. The predicted molar refractivity (Wildman–Crippen MR) is 136 cm³/mol. The fourth-order valence-corrected chi connectivity index (χ4v) is 5.21. The lowest BCUT2D eigenvalue weighted by atomic mass is 9.73. The van der Waals surface area contributed by atoms with Crippen LogP contribution in [0.5, 0.6) is 5.75 Å². The zero-order valence-corrected chi connectivity index (χ0v) is 20.1. The molecular formula is C30H28N2O4. The molecule has 0 bridgehead atoms. The Morgan fingerprint density at radius 2 is 1.75 bits per heavy atom. The Labute approximate surface area is 211 Å². The van der Waals surface area contributed by atoms with Gasteiger partial charge in [0.15, 0.2) is 0 Å². The third-order valence-corrected chi connectivity index (χ3v) is 7.02. The van der Waals surface area contributed by atoms with Gasteiger partial charge < -0.3 is 19.6 Å². The second-order valence-corrected chi connectivity index (χ2v) is 9.18. The molecule has 3 atom stereocenters. The Balaban J connectivity index is 1.30. The van der Waals surface area contributed by atoms with Crippen LogP contribution in [0.3, 0.4) is 0 Å². The van der Waals surface area contributed by atoms with E-state index in [2.05, 4.69) is 11.8 Å². The number of piperazine rings is 1. The number of rotatable bonds is 5. The lowest BCUT2D eigenvalue weighted by Gasteiger charge is -2.58. The molecule has 5 rings (SSSR count). The largest absolute Gasteiger partial charge is 0.497 e. The Morgan fingerprint density at radius 3 is 2.47 bits per heavy atom. The molecule has 0 spiro atoms. The second-order valence-electron chi connectivity index (χ2n) is 9.18. The highest BCUT2D eigenvalue weighted by Gasteiger charge is 2.54. The monoisotopic (exact) mass is 480 g/mol. The van der Waals surface area contributed by atoms with Crippen LogP contribution < -0.4 is 4.74 Å². The van der Waals surface area contributed by atoms with Gasteiger partial charge in [-0.2, -0.15) is 0 Å². The van der Waals surface area contributed by atoms with Crippen LogP contribution in [0.2, 0.25) is 0 Å². The van der Waals surface area contributed by atoms with Gasteiger partial charge in [0.1, 0.15) is 5.75 Å². The summed E-state index contributed by atoms with van der Waals surface area (Å²) in [6.07, 6.45) is 0.273. The maximum Gasteiger partial charge on any atom is 0.242 e. The highest BCUT2D eigenvalue weighted by molar-refractivity contribution is 5.88.